The van der Waals surface area contributed by atoms with Crippen LogP contribution in [0, 0.1) is 20.8 Å². The number of halogens is 4. The number of hydrogen-bond donors (Lipinski definition) is 1. The fourth-order valence-corrected chi connectivity index (χ4v) is 5.77. The van der Waals surface area contributed by atoms with E-state index in [1.54, 1.807) is 0 Å². The van der Waals surface area contributed by atoms with Crippen LogP contribution >= 0.6 is 11.6 Å². The van der Waals surface area contributed by atoms with E-state index in [0.717, 1.165) is 38.9 Å². The fourth-order valence-electron chi connectivity index (χ4n) is 3.85. The second-order valence-electron chi connectivity index (χ2n) is 8.47. The van der Waals surface area contributed by atoms with Crippen molar-refractivity contribution in [3.05, 3.63) is 57.6 Å². The van der Waals surface area contributed by atoms with Crippen LogP contribution in [0.3, 0.4) is 0 Å². The number of ether oxygens (including phenoxy) is 1. The van der Waals surface area contributed by atoms with E-state index >= 15 is 0 Å². The van der Waals surface area contributed by atoms with E-state index in [4.69, 9.17) is 16.3 Å². The Morgan fingerprint density at radius 1 is 1.06 bits per heavy atom. The molecule has 1 unspecified atom stereocenters. The highest BCUT2D eigenvalue weighted by Gasteiger charge is 2.35. The molecule has 1 aliphatic heterocycles. The van der Waals surface area contributed by atoms with Gasteiger partial charge in [-0.05, 0) is 55.7 Å². The molecule has 0 amide bonds. The first-order valence-electron chi connectivity index (χ1n) is 10.8. The van der Waals surface area contributed by atoms with Gasteiger partial charge in [-0.1, -0.05) is 23.7 Å². The molecule has 1 heterocycles. The molecule has 11 heteroatoms. The molecule has 188 valence electrons. The molecule has 0 saturated carbocycles. The van der Waals surface area contributed by atoms with Crippen LogP contribution < -0.4 is 4.74 Å². The zero-order chi connectivity index (χ0) is 25.3. The number of aryl methyl sites for hydroxylation is 2. The molecule has 0 aliphatic carbocycles. The maximum Gasteiger partial charge on any atom is 0.416 e. The zero-order valence-corrected chi connectivity index (χ0v) is 20.8. The SMILES string of the molecule is Cc1ccc(C)c(OCC(O)CN2CCN(S(=O)(=O)c3cc(C(F)(F)F)ccc3Cl)CC2)c1C. The molecule has 1 fully saturated rings. The van der Waals surface area contributed by atoms with Crippen molar-refractivity contribution in [3.8, 4) is 5.75 Å². The van der Waals surface area contributed by atoms with Gasteiger partial charge in [0.2, 0.25) is 10.0 Å². The van der Waals surface area contributed by atoms with Crippen molar-refractivity contribution in [1.82, 2.24) is 9.21 Å². The predicted octanol–water partition coefficient (Wildman–Crippen LogP) is 4.03. The van der Waals surface area contributed by atoms with E-state index in [1.807, 2.05) is 37.8 Å². The zero-order valence-electron chi connectivity index (χ0n) is 19.2. The van der Waals surface area contributed by atoms with Gasteiger partial charge in [0.05, 0.1) is 10.6 Å². The minimum atomic E-state index is -4.68. The highest BCUT2D eigenvalue weighted by molar-refractivity contribution is 7.89. The number of alkyl halides is 3. The Balaban J connectivity index is 1.59. The summed E-state index contributed by atoms with van der Waals surface area (Å²) in [7, 11) is -4.20. The van der Waals surface area contributed by atoms with E-state index in [1.165, 1.54) is 0 Å². The Kier molecular flexibility index (Phi) is 8.19. The minimum absolute atomic E-state index is 0.0680. The Labute approximate surface area is 202 Å². The molecule has 0 radical (unpaired) electrons. The van der Waals surface area contributed by atoms with Gasteiger partial charge in [-0.3, -0.25) is 4.90 Å². The van der Waals surface area contributed by atoms with Crippen molar-refractivity contribution in [2.75, 3.05) is 39.3 Å². The molecule has 1 aliphatic rings. The van der Waals surface area contributed by atoms with Crippen LogP contribution in [-0.2, 0) is 16.2 Å². The van der Waals surface area contributed by atoms with Crippen molar-refractivity contribution in [1.29, 1.82) is 0 Å². The van der Waals surface area contributed by atoms with Crippen molar-refractivity contribution >= 4 is 21.6 Å². The first kappa shape index (κ1) is 26.7. The number of β-amino-alcohol motifs (C(OH)–C–C–N with tert-alkyl or cyclic N) is 1. The molecule has 2 aromatic rings. The molecule has 0 spiro atoms. The second-order valence-corrected chi connectivity index (χ2v) is 10.8. The number of nitrogens with zero attached hydrogens (tertiary/aromatic N) is 2. The summed E-state index contributed by atoms with van der Waals surface area (Å²) in [5, 5.41) is 10.2. The van der Waals surface area contributed by atoms with Crippen molar-refractivity contribution < 1.29 is 31.4 Å². The van der Waals surface area contributed by atoms with E-state index in [9.17, 15) is 26.7 Å². The predicted molar refractivity (Wildman–Crippen MR) is 124 cm³/mol. The largest absolute Gasteiger partial charge is 0.490 e. The fraction of sp³-hybridized carbons (Fsp3) is 0.478. The highest BCUT2D eigenvalue weighted by Crippen LogP contribution is 2.34. The molecule has 0 bridgehead atoms. The summed E-state index contributed by atoms with van der Waals surface area (Å²) >= 11 is 5.93. The van der Waals surface area contributed by atoms with Gasteiger partial charge in [-0.25, -0.2) is 8.42 Å². The first-order chi connectivity index (χ1) is 15.8. The summed E-state index contributed by atoms with van der Waals surface area (Å²) in [4.78, 5) is 1.33. The van der Waals surface area contributed by atoms with Crippen molar-refractivity contribution in [2.45, 2.75) is 37.9 Å². The third-order valence-corrected chi connectivity index (χ3v) is 8.35. The van der Waals surface area contributed by atoms with Gasteiger partial charge < -0.3 is 9.84 Å². The molecule has 1 N–H and O–H groups in total. The number of sulfonamides is 1. The summed E-state index contributed by atoms with van der Waals surface area (Å²) in [6.07, 6.45) is -5.47. The number of hydrogen-bond acceptors (Lipinski definition) is 5. The lowest BCUT2D eigenvalue weighted by Crippen LogP contribution is -2.50. The average molecular weight is 521 g/mol. The summed E-state index contributed by atoms with van der Waals surface area (Å²) in [6, 6.07) is 6.23. The second kappa shape index (κ2) is 10.4. The van der Waals surface area contributed by atoms with Gasteiger partial charge in [0.1, 0.15) is 23.4 Å². The third kappa shape index (κ3) is 6.04. The smallest absolute Gasteiger partial charge is 0.416 e. The lowest BCUT2D eigenvalue weighted by atomic mass is 10.1. The van der Waals surface area contributed by atoms with Gasteiger partial charge in [-0.15, -0.1) is 0 Å². The van der Waals surface area contributed by atoms with Gasteiger partial charge >= 0.3 is 6.18 Å². The van der Waals surface area contributed by atoms with Crippen LogP contribution in [-0.4, -0.2) is 68.2 Å². The number of aliphatic hydroxyl groups is 1. The van der Waals surface area contributed by atoms with E-state index in [0.29, 0.717) is 19.2 Å². The van der Waals surface area contributed by atoms with Crippen LogP contribution in [0.2, 0.25) is 5.02 Å². The Bertz CT molecular complexity index is 1130. The van der Waals surface area contributed by atoms with Gasteiger partial charge in [0, 0.05) is 32.7 Å². The summed E-state index contributed by atoms with van der Waals surface area (Å²) in [5.41, 5.74) is 2.01. The minimum Gasteiger partial charge on any atom is -0.490 e. The normalized spacial score (nSPS) is 17.1. The average Bonchev–Trinajstić information content (AvgIpc) is 2.76. The van der Waals surface area contributed by atoms with Crippen LogP contribution in [0.4, 0.5) is 13.2 Å². The quantitative estimate of drug-likeness (QED) is 0.597. The molecule has 1 saturated heterocycles. The molecule has 34 heavy (non-hydrogen) atoms. The molecule has 2 aromatic carbocycles. The maximum absolute atomic E-state index is 13.0. The van der Waals surface area contributed by atoms with Gasteiger partial charge in [-0.2, -0.15) is 17.5 Å². The number of aliphatic hydroxyl groups excluding tert-OH is 1. The lowest BCUT2D eigenvalue weighted by Gasteiger charge is -2.35. The van der Waals surface area contributed by atoms with E-state index in [-0.39, 0.29) is 31.3 Å². The molecule has 3 rings (SSSR count). The number of benzene rings is 2. The van der Waals surface area contributed by atoms with E-state index < -0.39 is 32.8 Å². The molecular weight excluding hydrogens is 493 g/mol. The standard InChI is InChI=1S/C23H28ClF3N2O4S/c1-15-4-5-16(2)22(17(15)3)33-14-19(30)13-28-8-10-29(11-9-28)34(31,32)21-12-18(23(25,26)27)6-7-20(21)24/h4-7,12,19,30H,8-11,13-14H2,1-3H3. The molecule has 0 aromatic heterocycles. The third-order valence-electron chi connectivity index (χ3n) is 5.97. The van der Waals surface area contributed by atoms with Crippen LogP contribution in [0.1, 0.15) is 22.3 Å². The van der Waals surface area contributed by atoms with Gasteiger partial charge in [0.15, 0.2) is 0 Å². The Morgan fingerprint density at radius 2 is 1.68 bits per heavy atom. The summed E-state index contributed by atoms with van der Waals surface area (Å²) in [6.45, 7) is 7.01. The maximum atomic E-state index is 13.0. The number of rotatable bonds is 7. The molecule has 1 atom stereocenters. The van der Waals surface area contributed by atoms with Gasteiger partial charge in [0.25, 0.3) is 0 Å². The van der Waals surface area contributed by atoms with Crippen LogP contribution in [0.25, 0.3) is 0 Å². The van der Waals surface area contributed by atoms with Crippen LogP contribution in [0.15, 0.2) is 35.2 Å². The molecule has 6 nitrogen and oxygen atoms in total. The Hall–Kier alpha value is -1.85. The van der Waals surface area contributed by atoms with Crippen molar-refractivity contribution in [2.24, 2.45) is 0 Å². The number of piperazine rings is 1. The lowest BCUT2D eigenvalue weighted by molar-refractivity contribution is -0.137. The highest BCUT2D eigenvalue weighted by atomic mass is 35.5. The summed E-state index contributed by atoms with van der Waals surface area (Å²) in [5.74, 6) is 0.743. The first-order valence-corrected chi connectivity index (χ1v) is 12.6. The monoisotopic (exact) mass is 520 g/mol. The molecular formula is C23H28ClF3N2O4S. The Morgan fingerprint density at radius 3 is 2.29 bits per heavy atom. The van der Waals surface area contributed by atoms with Crippen LogP contribution in [0.5, 0.6) is 5.75 Å². The van der Waals surface area contributed by atoms with E-state index in [2.05, 4.69) is 0 Å². The summed E-state index contributed by atoms with van der Waals surface area (Å²) < 4.78 is 72.0. The van der Waals surface area contributed by atoms with Crippen molar-refractivity contribution in [3.63, 3.8) is 0 Å². The topological polar surface area (TPSA) is 70.1 Å².